The molecule has 1 fully saturated rings. The monoisotopic (exact) mass is 431 g/mol. The number of halogens is 2. The van der Waals surface area contributed by atoms with Gasteiger partial charge >= 0.3 is 6.09 Å². The van der Waals surface area contributed by atoms with Gasteiger partial charge in [0, 0.05) is 26.2 Å². The third kappa shape index (κ3) is 4.53. The molecule has 0 atom stereocenters. The maximum absolute atomic E-state index is 12.2. The van der Waals surface area contributed by atoms with Crippen LogP contribution in [0, 0.1) is 0 Å². The lowest BCUT2D eigenvalue weighted by Gasteiger charge is -2.36. The van der Waals surface area contributed by atoms with E-state index in [1.807, 2.05) is 25.7 Å². The Morgan fingerprint density at radius 3 is 2.48 bits per heavy atom. The first-order valence-electron chi connectivity index (χ1n) is 8.28. The number of hydrogen-bond donors (Lipinski definition) is 1. The number of piperazine rings is 1. The number of nitrogens with zero attached hydrogens (tertiary/aromatic N) is 4. The maximum atomic E-state index is 12.2. The Morgan fingerprint density at radius 2 is 1.93 bits per heavy atom. The number of rotatable bonds is 2. The number of carbonyl (C=O) groups is 1. The number of hydrogen-bond acceptors (Lipinski definition) is 7. The second-order valence-electron chi connectivity index (χ2n) is 6.98. The van der Waals surface area contributed by atoms with Crippen molar-refractivity contribution in [3.63, 3.8) is 0 Å². The minimum absolute atomic E-state index is 0.00473. The Hall–Kier alpha value is -1.84. The molecule has 1 aliphatic rings. The Kier molecular flexibility index (Phi) is 5.64. The predicted octanol–water partition coefficient (Wildman–Crippen LogP) is 3.26. The summed E-state index contributed by atoms with van der Waals surface area (Å²) >= 11 is 13.5. The van der Waals surface area contributed by atoms with Gasteiger partial charge < -0.3 is 19.5 Å². The number of nitrogens with one attached hydrogen (secondary N) is 1. The van der Waals surface area contributed by atoms with Gasteiger partial charge in [0.05, 0.1) is 5.51 Å². The number of thiazole rings is 1. The van der Waals surface area contributed by atoms with Crippen molar-refractivity contribution in [2.75, 3.05) is 31.1 Å². The summed E-state index contributed by atoms with van der Waals surface area (Å²) in [5, 5.41) is 0.274. The van der Waals surface area contributed by atoms with E-state index >= 15 is 0 Å². The largest absolute Gasteiger partial charge is 0.444 e. The summed E-state index contributed by atoms with van der Waals surface area (Å²) in [6, 6.07) is 0. The molecular weight excluding hydrogens is 413 g/mol. The fraction of sp³-hybridized carbons (Fsp3) is 0.500. The van der Waals surface area contributed by atoms with Gasteiger partial charge in [-0.15, -0.1) is 11.3 Å². The van der Waals surface area contributed by atoms with Gasteiger partial charge in [-0.3, -0.25) is 4.79 Å². The van der Waals surface area contributed by atoms with Crippen molar-refractivity contribution in [2.24, 2.45) is 0 Å². The molecule has 0 bridgehead atoms. The molecule has 3 rings (SSSR count). The zero-order valence-electron chi connectivity index (χ0n) is 15.1. The average molecular weight is 432 g/mol. The van der Waals surface area contributed by atoms with Crippen LogP contribution >= 0.6 is 34.5 Å². The van der Waals surface area contributed by atoms with Crippen molar-refractivity contribution >= 4 is 46.4 Å². The van der Waals surface area contributed by atoms with Gasteiger partial charge in [0.1, 0.15) is 15.5 Å². The van der Waals surface area contributed by atoms with Crippen LogP contribution in [0.4, 0.5) is 10.6 Å². The van der Waals surface area contributed by atoms with Crippen LogP contribution in [0.2, 0.25) is 10.2 Å². The van der Waals surface area contributed by atoms with Crippen molar-refractivity contribution in [2.45, 2.75) is 26.4 Å². The Labute approximate surface area is 170 Å². The Balaban J connectivity index is 1.78. The molecule has 0 aromatic carbocycles. The van der Waals surface area contributed by atoms with Crippen LogP contribution in [0.15, 0.2) is 10.3 Å². The molecule has 11 heteroatoms. The SMILES string of the molecule is CC(C)(C)OC(=O)N1CCN(c2nc(-c3scnc3Cl)[nH]c(=O)c2Cl)CC1. The second kappa shape index (κ2) is 7.65. The highest BCUT2D eigenvalue weighted by Crippen LogP contribution is 2.30. The van der Waals surface area contributed by atoms with Gasteiger partial charge in [-0.25, -0.2) is 14.8 Å². The van der Waals surface area contributed by atoms with Gasteiger partial charge in [0.15, 0.2) is 16.8 Å². The first kappa shape index (κ1) is 19.9. The third-order valence-corrected chi connectivity index (χ3v) is 5.39. The van der Waals surface area contributed by atoms with E-state index in [9.17, 15) is 9.59 Å². The zero-order valence-corrected chi connectivity index (χ0v) is 17.4. The van der Waals surface area contributed by atoms with Crippen molar-refractivity contribution in [3.05, 3.63) is 26.0 Å². The number of H-pyrrole nitrogens is 1. The molecule has 0 unspecified atom stereocenters. The number of amides is 1. The zero-order chi connectivity index (χ0) is 19.8. The lowest BCUT2D eigenvalue weighted by molar-refractivity contribution is 0.0240. The molecule has 1 amide bonds. The smallest absolute Gasteiger partial charge is 0.410 e. The summed E-state index contributed by atoms with van der Waals surface area (Å²) in [5.74, 6) is 0.685. The molecule has 1 aliphatic heterocycles. The highest BCUT2D eigenvalue weighted by molar-refractivity contribution is 7.13. The van der Waals surface area contributed by atoms with Gasteiger partial charge in [-0.1, -0.05) is 23.2 Å². The fourth-order valence-corrected chi connectivity index (χ4v) is 3.74. The van der Waals surface area contributed by atoms with Crippen molar-refractivity contribution in [1.29, 1.82) is 0 Å². The summed E-state index contributed by atoms with van der Waals surface area (Å²) in [4.78, 5) is 39.6. The summed E-state index contributed by atoms with van der Waals surface area (Å²) in [7, 11) is 0. The molecule has 2 aromatic heterocycles. The number of carbonyl (C=O) groups excluding carboxylic acids is 1. The van der Waals surface area contributed by atoms with E-state index in [0.717, 1.165) is 0 Å². The molecule has 0 radical (unpaired) electrons. The van der Waals surface area contributed by atoms with Crippen LogP contribution in [-0.4, -0.2) is 57.7 Å². The topological polar surface area (TPSA) is 91.4 Å². The van der Waals surface area contributed by atoms with Crippen LogP contribution in [0.1, 0.15) is 20.8 Å². The summed E-state index contributed by atoms with van der Waals surface area (Å²) in [6.07, 6.45) is -0.357. The molecular formula is C16H19Cl2N5O3S. The fourth-order valence-electron chi connectivity index (χ4n) is 2.58. The summed E-state index contributed by atoms with van der Waals surface area (Å²) in [5.41, 5.74) is 0.580. The highest BCUT2D eigenvalue weighted by atomic mass is 35.5. The van der Waals surface area contributed by atoms with Gasteiger partial charge in [0.2, 0.25) is 0 Å². The summed E-state index contributed by atoms with van der Waals surface area (Å²) < 4.78 is 5.39. The molecule has 1 saturated heterocycles. The number of anilines is 1. The minimum atomic E-state index is -0.547. The molecule has 27 heavy (non-hydrogen) atoms. The van der Waals surface area contributed by atoms with Crippen LogP contribution < -0.4 is 10.5 Å². The van der Waals surface area contributed by atoms with Gasteiger partial charge in [-0.05, 0) is 20.8 Å². The predicted molar refractivity (Wildman–Crippen MR) is 106 cm³/mol. The number of aromatic amines is 1. The molecule has 0 saturated carbocycles. The molecule has 3 heterocycles. The molecule has 2 aromatic rings. The standard InChI is InChI=1S/C16H19Cl2N5O3S/c1-16(2,3)26-15(25)23-6-4-22(5-7-23)13-9(17)14(24)21-12(20-13)10-11(18)19-8-27-10/h8H,4-7H2,1-3H3,(H,20,21,24). The number of ether oxygens (including phenoxy) is 1. The maximum Gasteiger partial charge on any atom is 0.410 e. The first-order chi connectivity index (χ1) is 12.7. The van der Waals surface area contributed by atoms with Crippen LogP contribution in [-0.2, 0) is 4.74 Å². The minimum Gasteiger partial charge on any atom is -0.444 e. The lowest BCUT2D eigenvalue weighted by atomic mass is 10.2. The van der Waals surface area contributed by atoms with E-state index in [0.29, 0.717) is 42.7 Å². The van der Waals surface area contributed by atoms with Crippen LogP contribution in [0.25, 0.3) is 10.7 Å². The normalized spacial score (nSPS) is 15.1. The molecule has 1 N–H and O–H groups in total. The van der Waals surface area contributed by atoms with Gasteiger partial charge in [0.25, 0.3) is 5.56 Å². The van der Waals surface area contributed by atoms with E-state index < -0.39 is 11.2 Å². The van der Waals surface area contributed by atoms with E-state index in [4.69, 9.17) is 27.9 Å². The molecule has 146 valence electrons. The number of aromatic nitrogens is 3. The molecule has 0 spiro atoms. The van der Waals surface area contributed by atoms with Crippen LogP contribution in [0.3, 0.4) is 0 Å². The van der Waals surface area contributed by atoms with Crippen molar-refractivity contribution < 1.29 is 9.53 Å². The van der Waals surface area contributed by atoms with E-state index in [-0.39, 0.29) is 16.3 Å². The molecule has 0 aliphatic carbocycles. The van der Waals surface area contributed by atoms with Crippen LogP contribution in [0.5, 0.6) is 0 Å². The van der Waals surface area contributed by atoms with E-state index in [1.54, 1.807) is 10.4 Å². The third-order valence-electron chi connectivity index (χ3n) is 3.82. The van der Waals surface area contributed by atoms with E-state index in [2.05, 4.69) is 15.0 Å². The molecule has 8 nitrogen and oxygen atoms in total. The summed E-state index contributed by atoms with van der Waals surface area (Å²) in [6.45, 7) is 7.32. The average Bonchev–Trinajstić information content (AvgIpc) is 3.02. The van der Waals surface area contributed by atoms with Crippen molar-refractivity contribution in [3.8, 4) is 10.7 Å². The Morgan fingerprint density at radius 1 is 1.26 bits per heavy atom. The van der Waals surface area contributed by atoms with Gasteiger partial charge in [-0.2, -0.15) is 0 Å². The second-order valence-corrected chi connectivity index (χ2v) is 8.57. The van der Waals surface area contributed by atoms with Crippen molar-refractivity contribution in [1.82, 2.24) is 19.9 Å². The quantitative estimate of drug-likeness (QED) is 0.784. The van der Waals surface area contributed by atoms with E-state index in [1.165, 1.54) is 11.3 Å². The first-order valence-corrected chi connectivity index (χ1v) is 9.91. The Bertz CT molecular complexity index is 900. The highest BCUT2D eigenvalue weighted by Gasteiger charge is 2.28. The lowest BCUT2D eigenvalue weighted by Crippen LogP contribution is -2.50.